The van der Waals surface area contributed by atoms with Gasteiger partial charge in [-0.05, 0) is 37.3 Å². The number of nitrogens with two attached hydrogens (primary N) is 1. The molecule has 2 aromatic carbocycles. The van der Waals surface area contributed by atoms with Crippen LogP contribution in [0.15, 0.2) is 42.5 Å². The Morgan fingerprint density at radius 3 is 2.74 bits per heavy atom. The van der Waals surface area contributed by atoms with Crippen LogP contribution in [0.25, 0.3) is 11.0 Å². The van der Waals surface area contributed by atoms with E-state index in [0.29, 0.717) is 16.8 Å². The van der Waals surface area contributed by atoms with Gasteiger partial charge < -0.3 is 10.7 Å². The number of rotatable bonds is 2. The number of ketones is 1. The van der Waals surface area contributed by atoms with Crippen LogP contribution in [-0.2, 0) is 0 Å². The zero-order valence-corrected chi connectivity index (χ0v) is 10.5. The fourth-order valence-electron chi connectivity index (χ4n) is 2.12. The zero-order valence-electron chi connectivity index (χ0n) is 10.5. The van der Waals surface area contributed by atoms with Crippen molar-refractivity contribution in [2.45, 2.75) is 6.92 Å². The van der Waals surface area contributed by atoms with Crippen LogP contribution in [0.3, 0.4) is 0 Å². The standard InChI is InChI=1S/C15H13N3O/c1-9-17-13-6-5-11(8-14(13)18-9)15(19)10-3-2-4-12(16)7-10/h2-8H,16H2,1H3,(H,17,18). The maximum Gasteiger partial charge on any atom is 0.193 e. The molecule has 0 radical (unpaired) electrons. The number of aromatic nitrogens is 2. The first-order chi connectivity index (χ1) is 9.13. The number of aryl methyl sites for hydroxylation is 1. The number of nitrogens with zero attached hydrogens (tertiary/aromatic N) is 1. The van der Waals surface area contributed by atoms with Crippen molar-refractivity contribution in [3.05, 3.63) is 59.4 Å². The Morgan fingerprint density at radius 2 is 1.95 bits per heavy atom. The number of hydrogen-bond acceptors (Lipinski definition) is 3. The van der Waals surface area contributed by atoms with Crippen molar-refractivity contribution in [1.82, 2.24) is 9.97 Å². The number of fused-ring (bicyclic) bond motifs is 1. The molecule has 0 amide bonds. The molecule has 0 aliphatic heterocycles. The van der Waals surface area contributed by atoms with E-state index in [2.05, 4.69) is 9.97 Å². The summed E-state index contributed by atoms with van der Waals surface area (Å²) in [5, 5.41) is 0. The van der Waals surface area contributed by atoms with Crippen molar-refractivity contribution in [1.29, 1.82) is 0 Å². The minimum atomic E-state index is -0.0403. The Bertz CT molecular complexity index is 774. The summed E-state index contributed by atoms with van der Waals surface area (Å²) >= 11 is 0. The predicted octanol–water partition coefficient (Wildman–Crippen LogP) is 2.68. The highest BCUT2D eigenvalue weighted by atomic mass is 16.1. The van der Waals surface area contributed by atoms with Gasteiger partial charge in [-0.25, -0.2) is 4.98 Å². The van der Waals surface area contributed by atoms with Gasteiger partial charge >= 0.3 is 0 Å². The third-order valence-electron chi connectivity index (χ3n) is 3.01. The molecular weight excluding hydrogens is 238 g/mol. The summed E-state index contributed by atoms with van der Waals surface area (Å²) < 4.78 is 0. The number of anilines is 1. The van der Waals surface area contributed by atoms with Crippen LogP contribution in [0.2, 0.25) is 0 Å². The van der Waals surface area contributed by atoms with Crippen molar-refractivity contribution in [2.75, 3.05) is 5.73 Å². The molecule has 0 atom stereocenters. The number of carbonyl (C=O) groups excluding carboxylic acids is 1. The number of nitrogen functional groups attached to an aromatic ring is 1. The van der Waals surface area contributed by atoms with Gasteiger partial charge in [-0.2, -0.15) is 0 Å². The van der Waals surface area contributed by atoms with E-state index in [1.54, 1.807) is 30.3 Å². The van der Waals surface area contributed by atoms with Crippen molar-refractivity contribution in [3.63, 3.8) is 0 Å². The van der Waals surface area contributed by atoms with Gasteiger partial charge in [0.15, 0.2) is 5.78 Å². The molecule has 0 aliphatic rings. The molecule has 4 nitrogen and oxygen atoms in total. The van der Waals surface area contributed by atoms with Crippen LogP contribution < -0.4 is 5.73 Å². The fourth-order valence-corrected chi connectivity index (χ4v) is 2.12. The van der Waals surface area contributed by atoms with Crippen LogP contribution in [-0.4, -0.2) is 15.8 Å². The van der Waals surface area contributed by atoms with Gasteiger partial charge in [0.2, 0.25) is 0 Å². The van der Waals surface area contributed by atoms with Crippen LogP contribution in [0.1, 0.15) is 21.7 Å². The summed E-state index contributed by atoms with van der Waals surface area (Å²) in [6.45, 7) is 1.89. The van der Waals surface area contributed by atoms with Crippen LogP contribution >= 0.6 is 0 Å². The van der Waals surface area contributed by atoms with Gasteiger partial charge in [0.25, 0.3) is 0 Å². The van der Waals surface area contributed by atoms with E-state index in [-0.39, 0.29) is 5.78 Å². The van der Waals surface area contributed by atoms with Gasteiger partial charge in [0, 0.05) is 16.8 Å². The molecule has 19 heavy (non-hydrogen) atoms. The highest BCUT2D eigenvalue weighted by Crippen LogP contribution is 2.17. The lowest BCUT2D eigenvalue weighted by Gasteiger charge is -2.02. The van der Waals surface area contributed by atoms with Crippen LogP contribution in [0.5, 0.6) is 0 Å². The van der Waals surface area contributed by atoms with E-state index in [0.717, 1.165) is 16.9 Å². The lowest BCUT2D eigenvalue weighted by atomic mass is 10.0. The molecule has 3 rings (SSSR count). The zero-order chi connectivity index (χ0) is 13.4. The maximum atomic E-state index is 12.4. The topological polar surface area (TPSA) is 71.8 Å². The molecule has 0 saturated carbocycles. The summed E-state index contributed by atoms with van der Waals surface area (Å²) in [4.78, 5) is 19.8. The second-order valence-corrected chi connectivity index (χ2v) is 4.51. The second kappa shape index (κ2) is 4.24. The first-order valence-electron chi connectivity index (χ1n) is 6.00. The average molecular weight is 251 g/mol. The number of hydrogen-bond donors (Lipinski definition) is 2. The molecule has 3 aromatic rings. The normalized spacial score (nSPS) is 10.8. The van der Waals surface area contributed by atoms with E-state index in [9.17, 15) is 4.79 Å². The van der Waals surface area contributed by atoms with Gasteiger partial charge in [0.05, 0.1) is 11.0 Å². The lowest BCUT2D eigenvalue weighted by molar-refractivity contribution is 0.103. The minimum Gasteiger partial charge on any atom is -0.399 e. The monoisotopic (exact) mass is 251 g/mol. The molecule has 4 heteroatoms. The number of aromatic amines is 1. The molecule has 0 saturated heterocycles. The van der Waals surface area contributed by atoms with Gasteiger partial charge in [-0.1, -0.05) is 12.1 Å². The lowest BCUT2D eigenvalue weighted by Crippen LogP contribution is -2.01. The number of nitrogens with one attached hydrogen (secondary N) is 1. The van der Waals surface area contributed by atoms with Gasteiger partial charge in [-0.15, -0.1) is 0 Å². The highest BCUT2D eigenvalue weighted by Gasteiger charge is 2.10. The van der Waals surface area contributed by atoms with E-state index < -0.39 is 0 Å². The Morgan fingerprint density at radius 1 is 1.16 bits per heavy atom. The summed E-state index contributed by atoms with van der Waals surface area (Å²) in [5.74, 6) is 0.796. The molecule has 94 valence electrons. The largest absolute Gasteiger partial charge is 0.399 e. The van der Waals surface area contributed by atoms with E-state index in [4.69, 9.17) is 5.73 Å². The number of H-pyrrole nitrogens is 1. The van der Waals surface area contributed by atoms with Crippen molar-refractivity contribution >= 4 is 22.5 Å². The Hall–Kier alpha value is -2.62. The molecule has 0 unspecified atom stereocenters. The fraction of sp³-hybridized carbons (Fsp3) is 0.0667. The van der Waals surface area contributed by atoms with Crippen LogP contribution in [0.4, 0.5) is 5.69 Å². The first kappa shape index (κ1) is 11.5. The molecule has 0 aliphatic carbocycles. The van der Waals surface area contributed by atoms with Crippen molar-refractivity contribution in [3.8, 4) is 0 Å². The summed E-state index contributed by atoms with van der Waals surface area (Å²) in [6.07, 6.45) is 0. The Balaban J connectivity index is 2.06. The van der Waals surface area contributed by atoms with Crippen molar-refractivity contribution < 1.29 is 4.79 Å². The first-order valence-corrected chi connectivity index (χ1v) is 6.00. The second-order valence-electron chi connectivity index (χ2n) is 4.51. The molecule has 0 spiro atoms. The van der Waals surface area contributed by atoms with E-state index in [1.165, 1.54) is 0 Å². The highest BCUT2D eigenvalue weighted by molar-refractivity contribution is 6.10. The Labute approximate surface area is 110 Å². The molecule has 1 heterocycles. The smallest absolute Gasteiger partial charge is 0.193 e. The maximum absolute atomic E-state index is 12.4. The molecule has 0 bridgehead atoms. The third kappa shape index (κ3) is 2.08. The van der Waals surface area contributed by atoms with Crippen LogP contribution in [0, 0.1) is 6.92 Å². The van der Waals surface area contributed by atoms with Gasteiger partial charge in [0.1, 0.15) is 5.82 Å². The van der Waals surface area contributed by atoms with E-state index >= 15 is 0 Å². The Kier molecular flexibility index (Phi) is 2.56. The number of carbonyl (C=O) groups is 1. The average Bonchev–Trinajstić information content (AvgIpc) is 2.76. The number of imidazole rings is 1. The molecule has 1 aromatic heterocycles. The van der Waals surface area contributed by atoms with Gasteiger partial charge in [-0.3, -0.25) is 4.79 Å². The summed E-state index contributed by atoms with van der Waals surface area (Å²) in [5.41, 5.74) is 9.24. The molecule has 0 fully saturated rings. The third-order valence-corrected chi connectivity index (χ3v) is 3.01. The minimum absolute atomic E-state index is 0.0403. The SMILES string of the molecule is Cc1nc2ccc(C(=O)c3cccc(N)c3)cc2[nH]1. The summed E-state index contributed by atoms with van der Waals surface area (Å²) in [7, 11) is 0. The van der Waals surface area contributed by atoms with Crippen molar-refractivity contribution in [2.24, 2.45) is 0 Å². The predicted molar refractivity (Wildman–Crippen MR) is 75.1 cm³/mol. The molecular formula is C15H13N3O. The molecule has 3 N–H and O–H groups in total. The number of benzene rings is 2. The summed E-state index contributed by atoms with van der Waals surface area (Å²) in [6, 6.07) is 12.4. The quantitative estimate of drug-likeness (QED) is 0.543. The van der Waals surface area contributed by atoms with E-state index in [1.807, 2.05) is 19.1 Å².